The Morgan fingerprint density at radius 1 is 1.37 bits per heavy atom. The standard InChI is InChI=1S/C15H12N2OS/c1-2-11-8-14(18)17(10-11)15-16-9-13(19-15)12-6-4-3-5-7-12/h1,3-7,9,11H,8,10H2. The van der Waals surface area contributed by atoms with Crippen LogP contribution >= 0.6 is 11.3 Å². The van der Waals surface area contributed by atoms with Crippen LogP contribution in [-0.2, 0) is 4.79 Å². The van der Waals surface area contributed by atoms with Gasteiger partial charge in [-0.3, -0.25) is 9.69 Å². The van der Waals surface area contributed by atoms with E-state index in [4.69, 9.17) is 6.42 Å². The number of hydrogen-bond donors (Lipinski definition) is 0. The van der Waals surface area contributed by atoms with Crippen molar-refractivity contribution in [2.75, 3.05) is 11.4 Å². The maximum Gasteiger partial charge on any atom is 0.230 e. The Kier molecular flexibility index (Phi) is 3.06. The van der Waals surface area contributed by atoms with E-state index in [9.17, 15) is 4.79 Å². The molecule has 3 rings (SSSR count). The maximum atomic E-state index is 11.9. The van der Waals surface area contributed by atoms with E-state index in [1.807, 2.05) is 36.5 Å². The molecule has 1 amide bonds. The Morgan fingerprint density at radius 3 is 2.84 bits per heavy atom. The lowest BCUT2D eigenvalue weighted by Crippen LogP contribution is -2.23. The van der Waals surface area contributed by atoms with Gasteiger partial charge in [0.05, 0.1) is 4.88 Å². The summed E-state index contributed by atoms with van der Waals surface area (Å²) in [5.41, 5.74) is 1.12. The summed E-state index contributed by atoms with van der Waals surface area (Å²) in [6.45, 7) is 0.580. The van der Waals surface area contributed by atoms with Gasteiger partial charge in [0.2, 0.25) is 5.91 Å². The highest BCUT2D eigenvalue weighted by atomic mass is 32.1. The van der Waals surface area contributed by atoms with Gasteiger partial charge >= 0.3 is 0 Å². The molecule has 1 atom stereocenters. The summed E-state index contributed by atoms with van der Waals surface area (Å²) in [5.74, 6) is 2.72. The molecule has 1 aliphatic rings. The fourth-order valence-corrected chi connectivity index (χ4v) is 3.08. The molecule has 1 aromatic carbocycles. The molecule has 1 fully saturated rings. The van der Waals surface area contributed by atoms with E-state index >= 15 is 0 Å². The van der Waals surface area contributed by atoms with E-state index in [0.717, 1.165) is 15.6 Å². The number of terminal acetylenes is 1. The number of nitrogens with zero attached hydrogens (tertiary/aromatic N) is 2. The zero-order valence-corrected chi connectivity index (χ0v) is 11.1. The maximum absolute atomic E-state index is 11.9. The lowest BCUT2D eigenvalue weighted by Gasteiger charge is -2.10. The summed E-state index contributed by atoms with van der Waals surface area (Å²) in [6.07, 6.45) is 7.63. The smallest absolute Gasteiger partial charge is 0.230 e. The first-order valence-corrected chi connectivity index (χ1v) is 6.87. The Hall–Kier alpha value is -2.12. The Labute approximate surface area is 115 Å². The van der Waals surface area contributed by atoms with Crippen molar-refractivity contribution < 1.29 is 4.79 Å². The number of anilines is 1. The number of hydrogen-bond acceptors (Lipinski definition) is 3. The van der Waals surface area contributed by atoms with Gasteiger partial charge in [0.15, 0.2) is 5.13 Å². The van der Waals surface area contributed by atoms with Gasteiger partial charge in [-0.25, -0.2) is 4.98 Å². The largest absolute Gasteiger partial charge is 0.287 e. The van der Waals surface area contributed by atoms with Crippen molar-refractivity contribution in [3.8, 4) is 22.8 Å². The number of aromatic nitrogens is 1. The van der Waals surface area contributed by atoms with Crippen LogP contribution in [-0.4, -0.2) is 17.4 Å². The third-order valence-corrected chi connectivity index (χ3v) is 4.21. The fourth-order valence-electron chi connectivity index (χ4n) is 2.13. The lowest BCUT2D eigenvalue weighted by atomic mass is 10.1. The van der Waals surface area contributed by atoms with Crippen LogP contribution in [0.25, 0.3) is 10.4 Å². The summed E-state index contributed by atoms with van der Waals surface area (Å²) >= 11 is 1.52. The Bertz CT molecular complexity index is 642. The van der Waals surface area contributed by atoms with Gasteiger partial charge in [0, 0.05) is 25.1 Å². The minimum Gasteiger partial charge on any atom is -0.287 e. The zero-order chi connectivity index (χ0) is 13.2. The molecule has 94 valence electrons. The highest BCUT2D eigenvalue weighted by molar-refractivity contribution is 7.19. The molecule has 1 aromatic heterocycles. The van der Waals surface area contributed by atoms with E-state index in [0.29, 0.717) is 13.0 Å². The summed E-state index contributed by atoms with van der Waals surface area (Å²) in [4.78, 5) is 19.0. The molecule has 0 radical (unpaired) electrons. The minimum absolute atomic E-state index is 0.0107. The van der Waals surface area contributed by atoms with Crippen molar-refractivity contribution in [1.29, 1.82) is 0 Å². The number of carbonyl (C=O) groups is 1. The van der Waals surface area contributed by atoms with Crippen LogP contribution in [0.2, 0.25) is 0 Å². The summed E-state index contributed by atoms with van der Waals surface area (Å²) in [7, 11) is 0. The molecule has 1 aliphatic heterocycles. The van der Waals surface area contributed by atoms with Gasteiger partial charge in [0.1, 0.15) is 0 Å². The predicted molar refractivity (Wildman–Crippen MR) is 76.8 cm³/mol. The van der Waals surface area contributed by atoms with Gasteiger partial charge in [-0.05, 0) is 5.56 Å². The van der Waals surface area contributed by atoms with Crippen molar-refractivity contribution in [1.82, 2.24) is 4.98 Å². The molecular formula is C15H12N2OS. The van der Waals surface area contributed by atoms with Crippen molar-refractivity contribution in [2.24, 2.45) is 5.92 Å². The zero-order valence-electron chi connectivity index (χ0n) is 10.2. The number of amides is 1. The normalized spacial score (nSPS) is 18.6. The van der Waals surface area contributed by atoms with E-state index in [1.165, 1.54) is 11.3 Å². The van der Waals surface area contributed by atoms with Gasteiger partial charge in [-0.15, -0.1) is 12.3 Å². The number of carbonyl (C=O) groups excluding carboxylic acids is 1. The second-order valence-corrected chi connectivity index (χ2v) is 5.45. The highest BCUT2D eigenvalue weighted by Crippen LogP contribution is 2.33. The van der Waals surface area contributed by atoms with Gasteiger partial charge in [-0.2, -0.15) is 0 Å². The molecule has 1 unspecified atom stereocenters. The second-order valence-electron chi connectivity index (χ2n) is 4.45. The monoisotopic (exact) mass is 268 g/mol. The molecule has 4 heteroatoms. The summed E-state index contributed by atoms with van der Waals surface area (Å²) in [6, 6.07) is 10.0. The molecule has 1 saturated heterocycles. The van der Waals surface area contributed by atoms with Crippen LogP contribution in [0.4, 0.5) is 5.13 Å². The van der Waals surface area contributed by atoms with Crippen LogP contribution in [0, 0.1) is 18.3 Å². The van der Waals surface area contributed by atoms with Crippen molar-refractivity contribution in [2.45, 2.75) is 6.42 Å². The summed E-state index contributed by atoms with van der Waals surface area (Å²) < 4.78 is 0. The van der Waals surface area contributed by atoms with Crippen molar-refractivity contribution in [3.63, 3.8) is 0 Å². The molecule has 0 saturated carbocycles. The van der Waals surface area contributed by atoms with Gasteiger partial charge in [-0.1, -0.05) is 41.7 Å². The molecule has 0 spiro atoms. The molecule has 0 aliphatic carbocycles. The van der Waals surface area contributed by atoms with Crippen LogP contribution in [0.3, 0.4) is 0 Å². The highest BCUT2D eigenvalue weighted by Gasteiger charge is 2.31. The van der Waals surface area contributed by atoms with Crippen LogP contribution in [0.15, 0.2) is 36.5 Å². The van der Waals surface area contributed by atoms with E-state index in [-0.39, 0.29) is 11.8 Å². The van der Waals surface area contributed by atoms with Crippen LogP contribution in [0.1, 0.15) is 6.42 Å². The predicted octanol–water partition coefficient (Wildman–Crippen LogP) is 2.80. The average molecular weight is 268 g/mol. The van der Waals surface area contributed by atoms with Crippen molar-refractivity contribution >= 4 is 22.4 Å². The molecule has 0 bridgehead atoms. The first kappa shape index (κ1) is 11.9. The molecule has 3 nitrogen and oxygen atoms in total. The molecule has 0 N–H and O–H groups in total. The molecule has 2 heterocycles. The summed E-state index contributed by atoms with van der Waals surface area (Å²) in [5, 5.41) is 0.738. The number of thiazole rings is 1. The van der Waals surface area contributed by atoms with E-state index < -0.39 is 0 Å². The van der Waals surface area contributed by atoms with E-state index in [2.05, 4.69) is 10.9 Å². The topological polar surface area (TPSA) is 33.2 Å². The third kappa shape index (κ3) is 2.25. The van der Waals surface area contributed by atoms with Gasteiger partial charge < -0.3 is 0 Å². The number of rotatable bonds is 2. The Balaban J connectivity index is 1.87. The Morgan fingerprint density at radius 2 is 2.16 bits per heavy atom. The SMILES string of the molecule is C#CC1CC(=O)N(c2ncc(-c3ccccc3)s2)C1. The quantitative estimate of drug-likeness (QED) is 0.785. The van der Waals surface area contributed by atoms with Crippen LogP contribution in [0.5, 0.6) is 0 Å². The third-order valence-electron chi connectivity index (χ3n) is 3.14. The molecule has 2 aromatic rings. The van der Waals surface area contributed by atoms with E-state index in [1.54, 1.807) is 4.90 Å². The molecular weight excluding hydrogens is 256 g/mol. The minimum atomic E-state index is 0.0107. The average Bonchev–Trinajstić information content (AvgIpc) is 3.06. The van der Waals surface area contributed by atoms with Crippen molar-refractivity contribution in [3.05, 3.63) is 36.5 Å². The molecule has 19 heavy (non-hydrogen) atoms. The van der Waals surface area contributed by atoms with Gasteiger partial charge in [0.25, 0.3) is 0 Å². The number of benzene rings is 1. The fraction of sp³-hybridized carbons (Fsp3) is 0.200. The first-order chi connectivity index (χ1) is 9.28. The second kappa shape index (κ2) is 4.87. The first-order valence-electron chi connectivity index (χ1n) is 6.05. The van der Waals surface area contributed by atoms with Crippen LogP contribution < -0.4 is 4.90 Å². The lowest BCUT2D eigenvalue weighted by molar-refractivity contribution is -0.117.